The van der Waals surface area contributed by atoms with E-state index in [0.29, 0.717) is 18.4 Å². The Hall–Kier alpha value is -3.92. The molecule has 0 saturated heterocycles. The lowest BCUT2D eigenvalue weighted by Crippen LogP contribution is -2.49. The smallest absolute Gasteiger partial charge is 0.335 e. The minimum absolute atomic E-state index is 0.157. The van der Waals surface area contributed by atoms with E-state index in [1.165, 1.54) is 51.2 Å². The summed E-state index contributed by atoms with van der Waals surface area (Å²) in [6.07, 6.45) is 8.70. The molecule has 4 aromatic carbocycles. The molecule has 0 heterocycles. The van der Waals surface area contributed by atoms with Gasteiger partial charge < -0.3 is 9.84 Å². The molecule has 4 aromatic rings. The number of benzene rings is 4. The maximum absolute atomic E-state index is 12.4. The lowest BCUT2D eigenvalue weighted by atomic mass is 9.47. The summed E-state index contributed by atoms with van der Waals surface area (Å²) in [4.78, 5) is 24.6. The molecule has 0 aliphatic heterocycles. The van der Waals surface area contributed by atoms with Gasteiger partial charge in [-0.1, -0.05) is 66.7 Å². The van der Waals surface area contributed by atoms with E-state index in [-0.39, 0.29) is 11.4 Å². The van der Waals surface area contributed by atoms with E-state index in [0.717, 1.165) is 56.3 Å². The van der Waals surface area contributed by atoms with Crippen LogP contribution in [0.2, 0.25) is 0 Å². The van der Waals surface area contributed by atoms with Crippen molar-refractivity contribution in [1.82, 2.24) is 0 Å². The molecule has 208 valence electrons. The Kier molecular flexibility index (Phi) is 6.45. The summed E-state index contributed by atoms with van der Waals surface area (Å²) in [5.74, 6) is 1.34. The molecule has 4 aliphatic rings. The summed E-state index contributed by atoms with van der Waals surface area (Å²) in [7, 11) is 1.47. The summed E-state index contributed by atoms with van der Waals surface area (Å²) < 4.78 is 5.09. The Morgan fingerprint density at radius 1 is 0.829 bits per heavy atom. The maximum Gasteiger partial charge on any atom is 0.335 e. The first-order chi connectivity index (χ1) is 19.9. The van der Waals surface area contributed by atoms with E-state index in [1.54, 1.807) is 6.07 Å². The molecule has 41 heavy (non-hydrogen) atoms. The van der Waals surface area contributed by atoms with Crippen LogP contribution in [0, 0.1) is 17.8 Å². The number of fused-ring (bicyclic) bond motifs is 1. The Bertz CT molecular complexity index is 1620. The first kappa shape index (κ1) is 26.0. The third-order valence-corrected chi connectivity index (χ3v) is 10.2. The second kappa shape index (κ2) is 10.2. The average Bonchev–Trinajstić information content (AvgIpc) is 2.97. The fourth-order valence-corrected chi connectivity index (χ4v) is 8.84. The monoisotopic (exact) mass is 544 g/mol. The molecule has 4 fully saturated rings. The fraction of sp³-hybridized carbons (Fsp3) is 0.351. The molecule has 1 N–H and O–H groups in total. The van der Waals surface area contributed by atoms with Crippen molar-refractivity contribution < 1.29 is 19.4 Å². The van der Waals surface area contributed by atoms with Crippen LogP contribution >= 0.6 is 0 Å². The van der Waals surface area contributed by atoms with E-state index >= 15 is 0 Å². The summed E-state index contributed by atoms with van der Waals surface area (Å²) in [5.41, 5.74) is 7.17. The normalized spacial score (nSPS) is 24.5. The van der Waals surface area contributed by atoms with Gasteiger partial charge in [-0.25, -0.2) is 4.79 Å². The van der Waals surface area contributed by atoms with E-state index in [2.05, 4.69) is 36.4 Å². The van der Waals surface area contributed by atoms with E-state index in [9.17, 15) is 14.7 Å². The van der Waals surface area contributed by atoms with Crippen molar-refractivity contribution in [3.05, 3.63) is 107 Å². The number of ether oxygens (including phenoxy) is 1. The van der Waals surface area contributed by atoms with Gasteiger partial charge >= 0.3 is 11.9 Å². The largest absolute Gasteiger partial charge is 0.478 e. The number of methoxy groups -OCH3 is 1. The van der Waals surface area contributed by atoms with Gasteiger partial charge in [0, 0.05) is 0 Å². The SMILES string of the molecule is COC(=O)Cc1ccc(-c2ccc3c(Cc4ccccc4)c(C(=O)O)ccc3c2)cc1C12CC3CC(CC(C3)C1)C2. The van der Waals surface area contributed by atoms with Crippen molar-refractivity contribution in [3.8, 4) is 11.1 Å². The molecule has 0 spiro atoms. The number of esters is 1. The van der Waals surface area contributed by atoms with Crippen LogP contribution < -0.4 is 0 Å². The van der Waals surface area contributed by atoms with Gasteiger partial charge in [0.15, 0.2) is 0 Å². The van der Waals surface area contributed by atoms with E-state index < -0.39 is 5.97 Å². The summed E-state index contributed by atoms with van der Waals surface area (Å²) >= 11 is 0. The molecule has 0 unspecified atom stereocenters. The highest BCUT2D eigenvalue weighted by atomic mass is 16.5. The number of hydrogen-bond acceptors (Lipinski definition) is 3. The van der Waals surface area contributed by atoms with Gasteiger partial charge in [-0.3, -0.25) is 4.79 Å². The average molecular weight is 545 g/mol. The first-order valence-corrected chi connectivity index (χ1v) is 14.9. The van der Waals surface area contributed by atoms with Crippen molar-refractivity contribution in [2.45, 2.75) is 56.8 Å². The molecule has 4 nitrogen and oxygen atoms in total. The van der Waals surface area contributed by atoms with Crippen molar-refractivity contribution >= 4 is 22.7 Å². The highest BCUT2D eigenvalue weighted by Crippen LogP contribution is 2.61. The van der Waals surface area contributed by atoms with Crippen LogP contribution in [-0.2, 0) is 27.8 Å². The van der Waals surface area contributed by atoms with Crippen LogP contribution in [-0.4, -0.2) is 24.2 Å². The van der Waals surface area contributed by atoms with Gasteiger partial charge in [-0.15, -0.1) is 0 Å². The minimum Gasteiger partial charge on any atom is -0.478 e. The highest BCUT2D eigenvalue weighted by Gasteiger charge is 2.52. The van der Waals surface area contributed by atoms with Gasteiger partial charge in [-0.05, 0) is 124 Å². The predicted molar refractivity (Wildman–Crippen MR) is 161 cm³/mol. The summed E-state index contributed by atoms with van der Waals surface area (Å²) in [5, 5.41) is 12.0. The second-order valence-corrected chi connectivity index (χ2v) is 12.8. The number of carbonyl (C=O) groups is 2. The molecule has 4 saturated carbocycles. The van der Waals surface area contributed by atoms with Crippen LogP contribution in [0.1, 0.15) is 71.1 Å². The molecule has 0 aromatic heterocycles. The van der Waals surface area contributed by atoms with E-state index in [4.69, 9.17) is 4.74 Å². The van der Waals surface area contributed by atoms with Crippen molar-refractivity contribution in [2.24, 2.45) is 17.8 Å². The Morgan fingerprint density at radius 3 is 2.15 bits per heavy atom. The molecule has 8 rings (SSSR count). The van der Waals surface area contributed by atoms with Crippen molar-refractivity contribution in [1.29, 1.82) is 0 Å². The number of hydrogen-bond donors (Lipinski definition) is 1. The van der Waals surface area contributed by atoms with E-state index in [1.807, 2.05) is 36.4 Å². The zero-order valence-electron chi connectivity index (χ0n) is 23.6. The molecule has 0 atom stereocenters. The number of aromatic carboxylic acids is 1. The fourth-order valence-electron chi connectivity index (χ4n) is 8.84. The zero-order valence-corrected chi connectivity index (χ0v) is 23.6. The first-order valence-electron chi connectivity index (χ1n) is 14.9. The van der Waals surface area contributed by atoms with Gasteiger partial charge in [0.1, 0.15) is 0 Å². The standard InChI is InChI=1S/C37H36O4/c1-41-35(38)19-30-8-7-28(18-34(30)37-20-24-13-25(21-37)15-26(14-24)22-37)27-9-11-31-29(17-27)10-12-32(36(39)40)33(31)16-23-5-3-2-4-6-23/h2-12,17-18,24-26H,13-16,19-22H2,1H3,(H,39,40). The van der Waals surface area contributed by atoms with Crippen LogP contribution in [0.25, 0.3) is 21.9 Å². The van der Waals surface area contributed by atoms with Crippen LogP contribution in [0.5, 0.6) is 0 Å². The molecular formula is C37H36O4. The summed E-state index contributed by atoms with van der Waals surface area (Å²) in [6, 6.07) is 26.8. The van der Waals surface area contributed by atoms with Crippen LogP contribution in [0.4, 0.5) is 0 Å². The number of carboxylic acid groups (broad SMARTS) is 1. The number of carboxylic acids is 1. The molecule has 4 heteroatoms. The molecule has 4 aliphatic carbocycles. The topological polar surface area (TPSA) is 63.6 Å². The third-order valence-electron chi connectivity index (χ3n) is 10.2. The maximum atomic E-state index is 12.4. The number of rotatable bonds is 7. The lowest BCUT2D eigenvalue weighted by Gasteiger charge is -2.57. The van der Waals surface area contributed by atoms with Crippen LogP contribution in [0.15, 0.2) is 78.9 Å². The lowest BCUT2D eigenvalue weighted by molar-refractivity contribution is -0.139. The molecule has 4 bridgehead atoms. The second-order valence-electron chi connectivity index (χ2n) is 12.8. The van der Waals surface area contributed by atoms with Crippen LogP contribution in [0.3, 0.4) is 0 Å². The third kappa shape index (κ3) is 4.73. The molecular weight excluding hydrogens is 508 g/mol. The highest BCUT2D eigenvalue weighted by molar-refractivity contribution is 5.99. The van der Waals surface area contributed by atoms with Gasteiger partial charge in [0.2, 0.25) is 0 Å². The van der Waals surface area contributed by atoms with Crippen molar-refractivity contribution in [3.63, 3.8) is 0 Å². The Labute approximate surface area is 241 Å². The van der Waals surface area contributed by atoms with Gasteiger partial charge in [0.05, 0.1) is 19.1 Å². The van der Waals surface area contributed by atoms with Gasteiger partial charge in [-0.2, -0.15) is 0 Å². The molecule has 0 amide bonds. The zero-order chi connectivity index (χ0) is 28.1. The Morgan fingerprint density at radius 2 is 1.49 bits per heavy atom. The summed E-state index contributed by atoms with van der Waals surface area (Å²) in [6.45, 7) is 0. The van der Waals surface area contributed by atoms with Crippen molar-refractivity contribution in [2.75, 3.05) is 7.11 Å². The quantitative estimate of drug-likeness (QED) is 0.240. The number of carbonyl (C=O) groups excluding carboxylic acids is 1. The molecule has 0 radical (unpaired) electrons. The van der Waals surface area contributed by atoms with Gasteiger partial charge in [0.25, 0.3) is 0 Å². The predicted octanol–water partition coefficient (Wildman–Crippen LogP) is 7.98. The Balaban J connectivity index is 1.31. The minimum atomic E-state index is -0.900.